The molecule has 2 aromatic carbocycles. The number of amides is 2. The lowest BCUT2D eigenvalue weighted by molar-refractivity contribution is 0.0927. The Hall–Kier alpha value is -2.33. The number of hydrogen-bond acceptors (Lipinski definition) is 2. The Balaban J connectivity index is 1.58. The van der Waals surface area contributed by atoms with Crippen LogP contribution < -0.4 is 10.6 Å². The second-order valence-corrected chi connectivity index (χ2v) is 6.78. The Kier molecular flexibility index (Phi) is 5.71. The van der Waals surface area contributed by atoms with Gasteiger partial charge in [0.05, 0.1) is 0 Å². The summed E-state index contributed by atoms with van der Waals surface area (Å²) in [6.45, 7) is 0. The summed E-state index contributed by atoms with van der Waals surface area (Å²) in [5, 5.41) is 6.49. The molecule has 0 atom stereocenters. The topological polar surface area (TPSA) is 58.2 Å². The third-order valence-corrected chi connectivity index (χ3v) is 4.70. The van der Waals surface area contributed by atoms with E-state index in [1.807, 2.05) is 0 Å². The predicted molar refractivity (Wildman–Crippen MR) is 100 cm³/mol. The molecule has 1 aliphatic carbocycles. The minimum absolute atomic E-state index is 0.0533. The van der Waals surface area contributed by atoms with Crippen molar-refractivity contribution in [3.8, 4) is 0 Å². The molecule has 1 saturated carbocycles. The van der Waals surface area contributed by atoms with Gasteiger partial charge in [0, 0.05) is 27.9 Å². The second-order valence-electron chi connectivity index (χ2n) is 6.35. The number of nitrogens with one attached hydrogen (secondary N) is 2. The molecule has 0 unspecified atom stereocenters. The van der Waals surface area contributed by atoms with Crippen LogP contribution in [0.5, 0.6) is 0 Å². The summed E-state index contributed by atoms with van der Waals surface area (Å²) in [6.07, 6.45) is 5.73. The van der Waals surface area contributed by atoms with E-state index in [-0.39, 0.29) is 17.9 Å². The van der Waals surface area contributed by atoms with Crippen molar-refractivity contribution >= 4 is 29.1 Å². The highest BCUT2D eigenvalue weighted by molar-refractivity contribution is 6.30. The Morgan fingerprint density at radius 3 is 2.00 bits per heavy atom. The SMILES string of the molecule is O=C(Nc1ccc(C(=O)NC2CCCCC2)cc1)c1ccc(Cl)cc1. The largest absolute Gasteiger partial charge is 0.349 e. The zero-order valence-corrected chi connectivity index (χ0v) is 14.7. The number of anilines is 1. The van der Waals surface area contributed by atoms with Gasteiger partial charge >= 0.3 is 0 Å². The van der Waals surface area contributed by atoms with Gasteiger partial charge in [-0.15, -0.1) is 0 Å². The summed E-state index contributed by atoms with van der Waals surface area (Å²) >= 11 is 5.82. The Morgan fingerprint density at radius 1 is 0.800 bits per heavy atom. The number of carbonyl (C=O) groups is 2. The van der Waals surface area contributed by atoms with Gasteiger partial charge in [0.1, 0.15) is 0 Å². The zero-order valence-electron chi connectivity index (χ0n) is 13.9. The van der Waals surface area contributed by atoms with E-state index in [4.69, 9.17) is 11.6 Å². The molecule has 0 radical (unpaired) electrons. The van der Waals surface area contributed by atoms with Crippen molar-refractivity contribution < 1.29 is 9.59 Å². The third-order valence-electron chi connectivity index (χ3n) is 4.45. The van der Waals surface area contributed by atoms with Crippen molar-refractivity contribution in [3.63, 3.8) is 0 Å². The smallest absolute Gasteiger partial charge is 0.255 e. The van der Waals surface area contributed by atoms with Gasteiger partial charge in [0.15, 0.2) is 0 Å². The molecule has 25 heavy (non-hydrogen) atoms. The van der Waals surface area contributed by atoms with E-state index in [1.54, 1.807) is 48.5 Å². The van der Waals surface area contributed by atoms with Crippen LogP contribution in [0.25, 0.3) is 0 Å². The Labute approximate surface area is 152 Å². The van der Waals surface area contributed by atoms with Crippen LogP contribution in [0.4, 0.5) is 5.69 Å². The van der Waals surface area contributed by atoms with Crippen molar-refractivity contribution in [3.05, 3.63) is 64.7 Å². The molecule has 0 heterocycles. The molecule has 3 rings (SSSR count). The molecule has 0 aliphatic heterocycles. The van der Waals surface area contributed by atoms with E-state index >= 15 is 0 Å². The van der Waals surface area contributed by atoms with E-state index in [1.165, 1.54) is 19.3 Å². The summed E-state index contributed by atoms with van der Waals surface area (Å²) in [5.41, 5.74) is 1.78. The van der Waals surface area contributed by atoms with Gasteiger partial charge < -0.3 is 10.6 Å². The summed E-state index contributed by atoms with van der Waals surface area (Å²) < 4.78 is 0. The maximum atomic E-state index is 12.3. The van der Waals surface area contributed by atoms with Gasteiger partial charge in [-0.25, -0.2) is 0 Å². The van der Waals surface area contributed by atoms with Gasteiger partial charge in [0.25, 0.3) is 11.8 Å². The third kappa shape index (κ3) is 4.83. The average molecular weight is 357 g/mol. The van der Waals surface area contributed by atoms with E-state index in [0.717, 1.165) is 12.8 Å². The van der Waals surface area contributed by atoms with Crippen LogP contribution in [0.3, 0.4) is 0 Å². The molecule has 0 bridgehead atoms. The van der Waals surface area contributed by atoms with E-state index in [2.05, 4.69) is 10.6 Å². The van der Waals surface area contributed by atoms with Crippen LogP contribution in [0, 0.1) is 0 Å². The average Bonchev–Trinajstić information content (AvgIpc) is 2.63. The monoisotopic (exact) mass is 356 g/mol. The molecular weight excluding hydrogens is 336 g/mol. The second kappa shape index (κ2) is 8.17. The van der Waals surface area contributed by atoms with Gasteiger partial charge in [-0.2, -0.15) is 0 Å². The van der Waals surface area contributed by atoms with Gasteiger partial charge in [-0.1, -0.05) is 30.9 Å². The number of hydrogen-bond donors (Lipinski definition) is 2. The minimum atomic E-state index is -0.212. The fourth-order valence-corrected chi connectivity index (χ4v) is 3.15. The van der Waals surface area contributed by atoms with E-state index in [9.17, 15) is 9.59 Å². The zero-order chi connectivity index (χ0) is 17.6. The van der Waals surface area contributed by atoms with E-state index < -0.39 is 0 Å². The van der Waals surface area contributed by atoms with Crippen LogP contribution in [0.2, 0.25) is 5.02 Å². The molecule has 1 aliphatic rings. The van der Waals surface area contributed by atoms with Crippen LogP contribution >= 0.6 is 11.6 Å². The Bertz CT molecular complexity index is 735. The molecule has 0 spiro atoms. The fourth-order valence-electron chi connectivity index (χ4n) is 3.03. The maximum Gasteiger partial charge on any atom is 0.255 e. The molecule has 1 fully saturated rings. The van der Waals surface area contributed by atoms with Gasteiger partial charge in [-0.05, 0) is 61.4 Å². The van der Waals surface area contributed by atoms with E-state index in [0.29, 0.717) is 21.8 Å². The van der Waals surface area contributed by atoms with Crippen molar-refractivity contribution in [2.75, 3.05) is 5.32 Å². The number of benzene rings is 2. The highest BCUT2D eigenvalue weighted by atomic mass is 35.5. The first kappa shape index (κ1) is 17.5. The molecule has 130 valence electrons. The highest BCUT2D eigenvalue weighted by Gasteiger charge is 2.16. The molecule has 2 N–H and O–H groups in total. The first-order valence-electron chi connectivity index (χ1n) is 8.60. The van der Waals surface area contributed by atoms with Crippen LogP contribution in [0.15, 0.2) is 48.5 Å². The maximum absolute atomic E-state index is 12.3. The Morgan fingerprint density at radius 2 is 1.36 bits per heavy atom. The van der Waals surface area contributed by atoms with Crippen molar-refractivity contribution in [1.82, 2.24) is 5.32 Å². The van der Waals surface area contributed by atoms with Crippen LogP contribution in [-0.2, 0) is 0 Å². The van der Waals surface area contributed by atoms with Crippen LogP contribution in [-0.4, -0.2) is 17.9 Å². The lowest BCUT2D eigenvalue weighted by Crippen LogP contribution is -2.36. The number of rotatable bonds is 4. The quantitative estimate of drug-likeness (QED) is 0.837. The summed E-state index contributed by atoms with van der Waals surface area (Å²) in [4.78, 5) is 24.5. The van der Waals surface area contributed by atoms with Crippen LogP contribution in [0.1, 0.15) is 52.8 Å². The molecule has 0 saturated heterocycles. The number of halogens is 1. The predicted octanol–water partition coefficient (Wildman–Crippen LogP) is 4.65. The first-order valence-corrected chi connectivity index (χ1v) is 8.97. The normalized spacial score (nSPS) is 14.8. The summed E-state index contributed by atoms with van der Waals surface area (Å²) in [7, 11) is 0. The first-order chi connectivity index (χ1) is 12.1. The molecular formula is C20H21ClN2O2. The summed E-state index contributed by atoms with van der Waals surface area (Å²) in [6, 6.07) is 13.9. The highest BCUT2D eigenvalue weighted by Crippen LogP contribution is 2.18. The minimum Gasteiger partial charge on any atom is -0.349 e. The molecule has 5 heteroatoms. The molecule has 2 aromatic rings. The fraction of sp³-hybridized carbons (Fsp3) is 0.300. The molecule has 0 aromatic heterocycles. The van der Waals surface area contributed by atoms with Crippen molar-refractivity contribution in [2.24, 2.45) is 0 Å². The lowest BCUT2D eigenvalue weighted by atomic mass is 9.95. The van der Waals surface area contributed by atoms with Crippen molar-refractivity contribution in [2.45, 2.75) is 38.1 Å². The standard InChI is InChI=1S/C20H21ClN2O2/c21-16-10-6-14(7-11-16)19(24)23-18-12-8-15(9-13-18)20(25)22-17-4-2-1-3-5-17/h6-13,17H,1-5H2,(H,22,25)(H,23,24). The van der Waals surface area contributed by atoms with Gasteiger partial charge in [0.2, 0.25) is 0 Å². The molecule has 4 nitrogen and oxygen atoms in total. The number of carbonyl (C=O) groups excluding carboxylic acids is 2. The van der Waals surface area contributed by atoms with Gasteiger partial charge in [-0.3, -0.25) is 9.59 Å². The lowest BCUT2D eigenvalue weighted by Gasteiger charge is -2.22. The van der Waals surface area contributed by atoms with Crippen molar-refractivity contribution in [1.29, 1.82) is 0 Å². The molecule has 2 amide bonds. The summed E-state index contributed by atoms with van der Waals surface area (Å²) in [5.74, 6) is -0.265.